The molecule has 0 spiro atoms. The molecule has 1 aromatic carbocycles. The van der Waals surface area contributed by atoms with Crippen LogP contribution in [0.1, 0.15) is 64.9 Å². The van der Waals surface area contributed by atoms with Crippen molar-refractivity contribution in [3.8, 4) is 0 Å². The molecule has 2 aromatic rings. The van der Waals surface area contributed by atoms with Crippen LogP contribution < -0.4 is 8.42 Å². The Morgan fingerprint density at radius 3 is 2.00 bits per heavy atom. The Morgan fingerprint density at radius 1 is 0.885 bits per heavy atom. The van der Waals surface area contributed by atoms with Gasteiger partial charge in [0.05, 0.1) is 0 Å². The van der Waals surface area contributed by atoms with Gasteiger partial charge in [-0.3, -0.25) is 0 Å². The molecule has 0 aliphatic heterocycles. The minimum absolute atomic E-state index is 0.573. The van der Waals surface area contributed by atoms with Crippen LogP contribution in [0.25, 0.3) is 0 Å². The molecule has 1 heterocycles. The molecule has 0 bridgehead atoms. The van der Waals surface area contributed by atoms with Crippen LogP contribution in [0, 0.1) is 0 Å². The Morgan fingerprint density at radius 2 is 1.46 bits per heavy atom. The molecule has 0 radical (unpaired) electrons. The van der Waals surface area contributed by atoms with Crippen LogP contribution in [0.3, 0.4) is 0 Å². The Hall–Kier alpha value is -0.971. The summed E-state index contributed by atoms with van der Waals surface area (Å²) in [5.41, 5.74) is 1.18. The van der Waals surface area contributed by atoms with Crippen LogP contribution in [0.2, 0.25) is 13.3 Å². The molecular formula is C22H36N2OSn. The summed E-state index contributed by atoms with van der Waals surface area (Å²) in [5.74, 6) is 0. The molecule has 0 fully saturated rings. The van der Waals surface area contributed by atoms with Crippen LogP contribution in [0.4, 0.5) is 0 Å². The van der Waals surface area contributed by atoms with E-state index in [1.54, 1.807) is 8.42 Å². The van der Waals surface area contributed by atoms with Gasteiger partial charge in [-0.05, 0) is 0 Å². The predicted octanol–water partition coefficient (Wildman–Crippen LogP) is 5.57. The standard InChI is InChI=1S/C10H9N2O.3C4H9.Sn/c1-2-5-10(6-3-1)9-13-12-8-4-7-11-12;3*1-3-4-2;/h1-3,5-8H,9H2;3*1,3-4H2,2H3;. The predicted molar refractivity (Wildman–Crippen MR) is 113 cm³/mol. The number of nitrogens with zero attached hydrogens (tertiary/aromatic N) is 2. The Balaban J connectivity index is 2.13. The second kappa shape index (κ2) is 11.7. The first-order valence-electron chi connectivity index (χ1n) is 10.5. The summed E-state index contributed by atoms with van der Waals surface area (Å²) in [4.78, 5) is 7.64. The van der Waals surface area contributed by atoms with Crippen LogP contribution in [0.5, 0.6) is 0 Å². The van der Waals surface area contributed by atoms with Gasteiger partial charge in [0.25, 0.3) is 0 Å². The summed E-state index contributed by atoms with van der Waals surface area (Å²) in [6, 6.07) is 10.3. The minimum atomic E-state index is -2.38. The van der Waals surface area contributed by atoms with Crippen molar-refractivity contribution in [2.45, 2.75) is 79.2 Å². The maximum absolute atomic E-state index is 5.92. The fraction of sp³-hybridized carbons (Fsp3) is 0.591. The molecule has 26 heavy (non-hydrogen) atoms. The van der Waals surface area contributed by atoms with Crippen LogP contribution in [-0.4, -0.2) is 28.3 Å². The molecule has 0 saturated heterocycles. The van der Waals surface area contributed by atoms with Crippen LogP contribution in [-0.2, 0) is 6.61 Å². The third-order valence-electron chi connectivity index (χ3n) is 5.41. The van der Waals surface area contributed by atoms with E-state index in [0.29, 0.717) is 6.61 Å². The molecule has 2 rings (SSSR count). The normalized spacial score (nSPS) is 11.7. The first kappa shape index (κ1) is 21.3. The Labute approximate surface area is 164 Å². The van der Waals surface area contributed by atoms with Crippen molar-refractivity contribution in [3.05, 3.63) is 48.3 Å². The summed E-state index contributed by atoms with van der Waals surface area (Å²) in [5, 5.41) is 4.57. The number of hydrogen-bond donors (Lipinski definition) is 0. The van der Waals surface area contributed by atoms with Gasteiger partial charge in [-0.1, -0.05) is 0 Å². The molecule has 0 aliphatic carbocycles. The zero-order valence-electron chi connectivity index (χ0n) is 16.9. The molecule has 0 saturated carbocycles. The van der Waals surface area contributed by atoms with Gasteiger partial charge >= 0.3 is 164 Å². The molecular weight excluding hydrogens is 427 g/mol. The van der Waals surface area contributed by atoms with E-state index in [1.165, 1.54) is 57.4 Å². The average Bonchev–Trinajstić information content (AvgIpc) is 3.16. The van der Waals surface area contributed by atoms with E-state index in [-0.39, 0.29) is 0 Å². The van der Waals surface area contributed by atoms with E-state index >= 15 is 0 Å². The fourth-order valence-corrected chi connectivity index (χ4v) is 19.2. The Bertz CT molecular complexity index is 590. The van der Waals surface area contributed by atoms with E-state index in [0.717, 1.165) is 0 Å². The van der Waals surface area contributed by atoms with E-state index < -0.39 is 18.4 Å². The van der Waals surface area contributed by atoms with Crippen molar-refractivity contribution in [1.29, 1.82) is 0 Å². The first-order valence-corrected chi connectivity index (χ1v) is 17.9. The van der Waals surface area contributed by atoms with Gasteiger partial charge in [0.2, 0.25) is 0 Å². The molecule has 1 aromatic heterocycles. The first-order chi connectivity index (χ1) is 12.7. The van der Waals surface area contributed by atoms with Crippen molar-refractivity contribution >= 4 is 22.0 Å². The fourth-order valence-electron chi connectivity index (χ4n) is 3.72. The molecule has 0 atom stereocenters. The van der Waals surface area contributed by atoms with E-state index in [9.17, 15) is 0 Å². The summed E-state index contributed by atoms with van der Waals surface area (Å²) < 4.78 is 5.98. The number of benzene rings is 1. The molecule has 0 aliphatic rings. The SMILES string of the molecule is CCC[CH2][Sn]([CH2]CCC)([CH2]CCC)[c]1cnn(OCc2ccccc2)c1. The zero-order chi connectivity index (χ0) is 18.7. The maximum atomic E-state index is 5.92. The number of aromatic nitrogens is 2. The van der Waals surface area contributed by atoms with Crippen molar-refractivity contribution in [3.63, 3.8) is 0 Å². The van der Waals surface area contributed by atoms with Crippen molar-refractivity contribution in [2.75, 3.05) is 0 Å². The molecule has 4 heteroatoms. The third-order valence-corrected chi connectivity index (χ3v) is 20.9. The van der Waals surface area contributed by atoms with E-state index in [2.05, 4.69) is 62.5 Å². The summed E-state index contributed by atoms with van der Waals surface area (Å²) >= 11 is -2.38. The molecule has 0 amide bonds. The molecule has 144 valence electrons. The molecule has 3 nitrogen and oxygen atoms in total. The van der Waals surface area contributed by atoms with Crippen molar-refractivity contribution < 1.29 is 4.84 Å². The van der Waals surface area contributed by atoms with Gasteiger partial charge in [-0.25, -0.2) is 0 Å². The number of unbranched alkanes of at least 4 members (excludes halogenated alkanes) is 3. The quantitative estimate of drug-likeness (QED) is 0.364. The van der Waals surface area contributed by atoms with E-state index in [4.69, 9.17) is 4.84 Å². The molecule has 0 N–H and O–H groups in total. The Kier molecular flexibility index (Phi) is 9.58. The van der Waals surface area contributed by atoms with Gasteiger partial charge in [0, 0.05) is 0 Å². The van der Waals surface area contributed by atoms with E-state index in [1.807, 2.05) is 6.07 Å². The second-order valence-corrected chi connectivity index (χ2v) is 20.7. The van der Waals surface area contributed by atoms with Gasteiger partial charge in [0.1, 0.15) is 0 Å². The van der Waals surface area contributed by atoms with Gasteiger partial charge < -0.3 is 0 Å². The zero-order valence-corrected chi connectivity index (χ0v) is 19.8. The summed E-state index contributed by atoms with van der Waals surface area (Å²) in [7, 11) is 0. The summed E-state index contributed by atoms with van der Waals surface area (Å²) in [6.07, 6.45) is 12.4. The molecule has 0 unspecified atom stereocenters. The van der Waals surface area contributed by atoms with Gasteiger partial charge in [0.15, 0.2) is 0 Å². The topological polar surface area (TPSA) is 27.1 Å². The van der Waals surface area contributed by atoms with Gasteiger partial charge in [-0.2, -0.15) is 0 Å². The van der Waals surface area contributed by atoms with Crippen molar-refractivity contribution in [2.24, 2.45) is 0 Å². The van der Waals surface area contributed by atoms with Crippen LogP contribution >= 0.6 is 0 Å². The monoisotopic (exact) mass is 464 g/mol. The summed E-state index contributed by atoms with van der Waals surface area (Å²) in [6.45, 7) is 7.54. The van der Waals surface area contributed by atoms with Crippen molar-refractivity contribution in [1.82, 2.24) is 9.94 Å². The number of hydrogen-bond acceptors (Lipinski definition) is 2. The number of rotatable bonds is 13. The third kappa shape index (κ3) is 6.33. The average molecular weight is 463 g/mol. The second-order valence-electron chi connectivity index (χ2n) is 7.48. The van der Waals surface area contributed by atoms with Gasteiger partial charge in [-0.15, -0.1) is 0 Å². The van der Waals surface area contributed by atoms with Crippen LogP contribution in [0.15, 0.2) is 42.7 Å².